The molecule has 5 N–H and O–H groups in total. The summed E-state index contributed by atoms with van der Waals surface area (Å²) >= 11 is 0. The van der Waals surface area contributed by atoms with Gasteiger partial charge in [-0.1, -0.05) is 6.07 Å². The Morgan fingerprint density at radius 3 is 2.68 bits per heavy atom. The Balaban J connectivity index is 2.51. The number of aryl methyl sites for hydroxylation is 1. The Kier molecular flexibility index (Phi) is 3.02. The number of nitrogens with zero attached hydrogens (tertiary/aromatic N) is 2. The summed E-state index contributed by atoms with van der Waals surface area (Å²) in [6, 6.07) is 5.20. The fraction of sp³-hybridized carbons (Fsp3) is 0.125. The van der Waals surface area contributed by atoms with E-state index in [2.05, 4.69) is 4.98 Å². The first-order valence-corrected chi connectivity index (χ1v) is 6.76. The highest BCUT2D eigenvalue weighted by Gasteiger charge is 2.22. The summed E-state index contributed by atoms with van der Waals surface area (Å²) in [5.41, 5.74) is 15.0. The van der Waals surface area contributed by atoms with E-state index in [0.29, 0.717) is 10.9 Å². The van der Waals surface area contributed by atoms with Gasteiger partial charge in [0.2, 0.25) is 0 Å². The second-order valence-electron chi connectivity index (χ2n) is 5.23. The SMILES string of the molecule is Cc1ccc(O)c(C)c1-n1c(N)c(C(N)=O)c2cnccc21. The zero-order valence-electron chi connectivity index (χ0n) is 12.3. The molecule has 0 fully saturated rings. The van der Waals surface area contributed by atoms with E-state index in [4.69, 9.17) is 11.5 Å². The quantitative estimate of drug-likeness (QED) is 0.672. The van der Waals surface area contributed by atoms with Gasteiger partial charge in [0.05, 0.1) is 16.8 Å². The van der Waals surface area contributed by atoms with Crippen LogP contribution in [0.4, 0.5) is 5.82 Å². The number of aromatic nitrogens is 2. The Labute approximate surface area is 127 Å². The Morgan fingerprint density at radius 2 is 2.00 bits per heavy atom. The fourth-order valence-electron chi connectivity index (χ4n) is 2.82. The molecule has 6 heteroatoms. The molecular formula is C16H16N4O2. The summed E-state index contributed by atoms with van der Waals surface area (Å²) in [5.74, 6) is -0.200. The van der Waals surface area contributed by atoms with Gasteiger partial charge in [-0.05, 0) is 31.5 Å². The minimum Gasteiger partial charge on any atom is -0.508 e. The van der Waals surface area contributed by atoms with Gasteiger partial charge < -0.3 is 16.6 Å². The van der Waals surface area contributed by atoms with E-state index in [1.165, 1.54) is 0 Å². The molecule has 0 radical (unpaired) electrons. The second kappa shape index (κ2) is 4.77. The second-order valence-corrected chi connectivity index (χ2v) is 5.23. The molecule has 1 amide bonds. The van der Waals surface area contributed by atoms with Crippen molar-refractivity contribution in [3.05, 3.63) is 47.3 Å². The third kappa shape index (κ3) is 1.81. The summed E-state index contributed by atoms with van der Waals surface area (Å²) in [4.78, 5) is 15.8. The number of nitrogens with two attached hydrogens (primary N) is 2. The zero-order chi connectivity index (χ0) is 16.0. The molecular weight excluding hydrogens is 280 g/mol. The van der Waals surface area contributed by atoms with Crippen LogP contribution in [0.1, 0.15) is 21.5 Å². The Bertz CT molecular complexity index is 912. The molecule has 3 aromatic rings. The van der Waals surface area contributed by atoms with Crippen molar-refractivity contribution in [1.29, 1.82) is 0 Å². The number of rotatable bonds is 2. The number of amides is 1. The van der Waals surface area contributed by atoms with Crippen LogP contribution in [0.25, 0.3) is 16.6 Å². The lowest BCUT2D eigenvalue weighted by Crippen LogP contribution is -2.14. The van der Waals surface area contributed by atoms with Crippen LogP contribution < -0.4 is 11.5 Å². The van der Waals surface area contributed by atoms with Crippen molar-refractivity contribution >= 4 is 22.6 Å². The number of carbonyl (C=O) groups excluding carboxylic acids is 1. The van der Waals surface area contributed by atoms with E-state index < -0.39 is 5.91 Å². The van der Waals surface area contributed by atoms with Crippen LogP contribution in [0.5, 0.6) is 5.75 Å². The normalized spacial score (nSPS) is 11.0. The number of benzene rings is 1. The monoisotopic (exact) mass is 296 g/mol. The number of hydrogen-bond acceptors (Lipinski definition) is 4. The minimum absolute atomic E-state index is 0.163. The molecule has 0 aliphatic heterocycles. The van der Waals surface area contributed by atoms with Gasteiger partial charge in [-0.15, -0.1) is 0 Å². The Morgan fingerprint density at radius 1 is 1.27 bits per heavy atom. The number of phenols is 1. The number of anilines is 1. The largest absolute Gasteiger partial charge is 0.508 e. The van der Waals surface area contributed by atoms with Crippen molar-refractivity contribution < 1.29 is 9.90 Å². The van der Waals surface area contributed by atoms with E-state index in [0.717, 1.165) is 16.8 Å². The number of aromatic hydroxyl groups is 1. The minimum atomic E-state index is -0.607. The van der Waals surface area contributed by atoms with Crippen molar-refractivity contribution in [3.8, 4) is 11.4 Å². The first-order chi connectivity index (χ1) is 10.4. The lowest BCUT2D eigenvalue weighted by molar-refractivity contribution is 0.100. The van der Waals surface area contributed by atoms with Gasteiger partial charge in [-0.25, -0.2) is 0 Å². The summed E-state index contributed by atoms with van der Waals surface area (Å²) < 4.78 is 1.74. The standard InChI is InChI=1S/C16H16N4O2/c1-8-3-4-12(21)9(2)14(8)20-11-5-6-19-7-10(11)13(15(20)17)16(18)22/h3-7,21H,17H2,1-2H3,(H2,18,22). The lowest BCUT2D eigenvalue weighted by Gasteiger charge is -2.15. The summed E-state index contributed by atoms with van der Waals surface area (Å²) in [7, 11) is 0. The van der Waals surface area contributed by atoms with Gasteiger partial charge in [0.15, 0.2) is 0 Å². The highest BCUT2D eigenvalue weighted by molar-refractivity contribution is 6.11. The molecule has 0 saturated carbocycles. The molecule has 1 aromatic carbocycles. The van der Waals surface area contributed by atoms with Gasteiger partial charge in [-0.2, -0.15) is 0 Å². The molecule has 0 saturated heterocycles. The van der Waals surface area contributed by atoms with Gasteiger partial charge in [0.25, 0.3) is 5.91 Å². The number of nitrogen functional groups attached to an aromatic ring is 1. The molecule has 0 bridgehead atoms. The molecule has 2 heterocycles. The van der Waals surface area contributed by atoms with E-state index in [1.807, 2.05) is 6.92 Å². The smallest absolute Gasteiger partial charge is 0.253 e. The highest BCUT2D eigenvalue weighted by Crippen LogP contribution is 2.35. The van der Waals surface area contributed by atoms with Crippen molar-refractivity contribution in [2.75, 3.05) is 5.73 Å². The zero-order valence-corrected chi connectivity index (χ0v) is 12.3. The molecule has 112 valence electrons. The van der Waals surface area contributed by atoms with E-state index >= 15 is 0 Å². The molecule has 22 heavy (non-hydrogen) atoms. The molecule has 0 atom stereocenters. The number of primary amides is 1. The molecule has 0 aliphatic rings. The number of pyridine rings is 1. The van der Waals surface area contributed by atoms with Crippen LogP contribution in [0.2, 0.25) is 0 Å². The molecule has 2 aromatic heterocycles. The number of hydrogen-bond donors (Lipinski definition) is 3. The highest BCUT2D eigenvalue weighted by atomic mass is 16.3. The van der Waals surface area contributed by atoms with Crippen molar-refractivity contribution in [2.45, 2.75) is 13.8 Å². The van der Waals surface area contributed by atoms with Crippen LogP contribution in [0.15, 0.2) is 30.6 Å². The van der Waals surface area contributed by atoms with Crippen LogP contribution >= 0.6 is 0 Å². The van der Waals surface area contributed by atoms with Crippen LogP contribution in [-0.2, 0) is 0 Å². The average Bonchev–Trinajstić information content (AvgIpc) is 2.76. The van der Waals surface area contributed by atoms with Gasteiger partial charge in [0, 0.05) is 23.3 Å². The van der Waals surface area contributed by atoms with Crippen molar-refractivity contribution in [3.63, 3.8) is 0 Å². The summed E-state index contributed by atoms with van der Waals surface area (Å²) in [6.07, 6.45) is 3.19. The Hall–Kier alpha value is -3.02. The third-order valence-corrected chi connectivity index (χ3v) is 3.88. The van der Waals surface area contributed by atoms with Crippen LogP contribution in [0, 0.1) is 13.8 Å². The average molecular weight is 296 g/mol. The van der Waals surface area contributed by atoms with Crippen LogP contribution in [0.3, 0.4) is 0 Å². The molecule has 6 nitrogen and oxygen atoms in total. The number of fused-ring (bicyclic) bond motifs is 1. The first kappa shape index (κ1) is 13.9. The molecule has 0 spiro atoms. The topological polar surface area (TPSA) is 107 Å². The van der Waals surface area contributed by atoms with Crippen LogP contribution in [-0.4, -0.2) is 20.6 Å². The predicted octanol–water partition coefficient (Wildman–Crippen LogP) is 2.03. The van der Waals surface area contributed by atoms with Gasteiger partial charge in [0.1, 0.15) is 11.6 Å². The lowest BCUT2D eigenvalue weighted by atomic mass is 10.1. The maximum atomic E-state index is 11.8. The van der Waals surface area contributed by atoms with E-state index in [-0.39, 0.29) is 17.1 Å². The van der Waals surface area contributed by atoms with Crippen molar-refractivity contribution in [1.82, 2.24) is 9.55 Å². The molecule has 0 unspecified atom stereocenters. The molecule has 3 rings (SSSR count). The van der Waals surface area contributed by atoms with Gasteiger partial charge in [-0.3, -0.25) is 14.3 Å². The van der Waals surface area contributed by atoms with E-state index in [9.17, 15) is 9.90 Å². The fourth-order valence-corrected chi connectivity index (χ4v) is 2.82. The predicted molar refractivity (Wildman–Crippen MR) is 85.1 cm³/mol. The third-order valence-electron chi connectivity index (χ3n) is 3.88. The molecule has 0 aliphatic carbocycles. The van der Waals surface area contributed by atoms with E-state index in [1.54, 1.807) is 42.1 Å². The maximum absolute atomic E-state index is 11.8. The van der Waals surface area contributed by atoms with Crippen molar-refractivity contribution in [2.24, 2.45) is 5.73 Å². The maximum Gasteiger partial charge on any atom is 0.253 e. The van der Waals surface area contributed by atoms with Gasteiger partial charge >= 0.3 is 0 Å². The summed E-state index contributed by atoms with van der Waals surface area (Å²) in [5, 5.41) is 10.6. The number of carbonyl (C=O) groups is 1. The summed E-state index contributed by atoms with van der Waals surface area (Å²) in [6.45, 7) is 3.71. The number of phenolic OH excluding ortho intramolecular Hbond substituents is 1. The first-order valence-electron chi connectivity index (χ1n) is 6.76.